The SMILES string of the molecule is Cc1c(/C=N\NC(=O)c2ccc(C#N)cc2F)c2ccccc2n1Cc1ccccc1Cl. The number of hydrazone groups is 1. The smallest absolute Gasteiger partial charge is 0.274 e. The van der Waals surface area contributed by atoms with Crippen LogP contribution in [0.1, 0.15) is 32.7 Å². The number of nitrogens with zero attached hydrogens (tertiary/aromatic N) is 3. The van der Waals surface area contributed by atoms with Gasteiger partial charge in [0.05, 0.1) is 23.4 Å². The number of nitrogens with one attached hydrogen (secondary N) is 1. The highest BCUT2D eigenvalue weighted by Gasteiger charge is 2.15. The highest BCUT2D eigenvalue weighted by Crippen LogP contribution is 2.27. The van der Waals surface area contributed by atoms with E-state index in [1.807, 2.05) is 61.5 Å². The zero-order chi connectivity index (χ0) is 22.7. The van der Waals surface area contributed by atoms with Crippen LogP contribution in [0.15, 0.2) is 71.8 Å². The minimum atomic E-state index is -0.774. The van der Waals surface area contributed by atoms with E-state index in [2.05, 4.69) is 15.1 Å². The molecule has 32 heavy (non-hydrogen) atoms. The third kappa shape index (κ3) is 4.11. The topological polar surface area (TPSA) is 70.2 Å². The van der Waals surface area contributed by atoms with Crippen molar-refractivity contribution in [2.75, 3.05) is 0 Å². The number of fused-ring (bicyclic) bond motifs is 1. The molecule has 0 saturated carbocycles. The first kappa shape index (κ1) is 21.3. The van der Waals surface area contributed by atoms with Gasteiger partial charge >= 0.3 is 0 Å². The second kappa shape index (κ2) is 9.04. The van der Waals surface area contributed by atoms with Gasteiger partial charge in [0.1, 0.15) is 5.82 Å². The number of hydrogen-bond acceptors (Lipinski definition) is 3. The Labute approximate surface area is 189 Å². The third-order valence-corrected chi connectivity index (χ3v) is 5.64. The van der Waals surface area contributed by atoms with Crippen molar-refractivity contribution in [1.82, 2.24) is 9.99 Å². The number of benzene rings is 3. The summed E-state index contributed by atoms with van der Waals surface area (Å²) in [5.41, 5.74) is 6.12. The average molecular weight is 445 g/mol. The number of hydrogen-bond donors (Lipinski definition) is 1. The summed E-state index contributed by atoms with van der Waals surface area (Å²) in [5.74, 6) is -1.47. The predicted octanol–water partition coefficient (Wildman–Crippen LogP) is 5.43. The van der Waals surface area contributed by atoms with Crippen LogP contribution >= 0.6 is 11.6 Å². The number of halogens is 2. The molecular weight excluding hydrogens is 427 g/mol. The Kier molecular flexibility index (Phi) is 6.02. The number of amides is 1. The zero-order valence-electron chi connectivity index (χ0n) is 17.1. The number of carbonyl (C=O) groups is 1. The Morgan fingerprint density at radius 1 is 1.19 bits per heavy atom. The van der Waals surface area contributed by atoms with Crippen LogP contribution in [0, 0.1) is 24.1 Å². The van der Waals surface area contributed by atoms with Crippen molar-refractivity contribution in [3.05, 3.63) is 106 Å². The summed E-state index contributed by atoms with van der Waals surface area (Å²) in [5, 5.41) is 14.5. The fourth-order valence-corrected chi connectivity index (χ4v) is 3.80. The largest absolute Gasteiger partial charge is 0.340 e. The van der Waals surface area contributed by atoms with Crippen molar-refractivity contribution >= 4 is 34.6 Å². The molecule has 0 radical (unpaired) electrons. The molecule has 1 amide bonds. The average Bonchev–Trinajstić information content (AvgIpc) is 3.06. The first-order valence-corrected chi connectivity index (χ1v) is 10.2. The first-order valence-electron chi connectivity index (χ1n) is 9.84. The number of carbonyl (C=O) groups excluding carboxylic acids is 1. The summed E-state index contributed by atoms with van der Waals surface area (Å²) in [6, 6.07) is 21.1. The molecule has 0 unspecified atom stereocenters. The lowest BCUT2D eigenvalue weighted by Gasteiger charge is -2.10. The molecule has 0 aliphatic rings. The van der Waals surface area contributed by atoms with Crippen molar-refractivity contribution in [2.45, 2.75) is 13.5 Å². The zero-order valence-corrected chi connectivity index (χ0v) is 17.9. The van der Waals surface area contributed by atoms with Crippen LogP contribution < -0.4 is 5.43 Å². The maximum atomic E-state index is 14.1. The first-order chi connectivity index (χ1) is 15.5. The number of rotatable bonds is 5. The molecule has 158 valence electrons. The lowest BCUT2D eigenvalue weighted by Crippen LogP contribution is -2.19. The van der Waals surface area contributed by atoms with Crippen LogP contribution in [0.25, 0.3) is 10.9 Å². The summed E-state index contributed by atoms with van der Waals surface area (Å²) >= 11 is 6.36. The minimum Gasteiger partial charge on any atom is -0.340 e. The predicted molar refractivity (Wildman–Crippen MR) is 123 cm³/mol. The molecular formula is C25H18ClFN4O. The van der Waals surface area contributed by atoms with Gasteiger partial charge in [0.2, 0.25) is 0 Å². The molecule has 4 aromatic rings. The van der Waals surface area contributed by atoms with Crippen molar-refractivity contribution in [2.24, 2.45) is 5.10 Å². The van der Waals surface area contributed by atoms with Gasteiger partial charge in [-0.1, -0.05) is 48.0 Å². The molecule has 1 aromatic heterocycles. The maximum absolute atomic E-state index is 14.1. The van der Waals surface area contributed by atoms with E-state index in [-0.39, 0.29) is 11.1 Å². The fourth-order valence-electron chi connectivity index (χ4n) is 3.61. The van der Waals surface area contributed by atoms with Gasteiger partial charge in [0, 0.05) is 33.7 Å². The summed E-state index contributed by atoms with van der Waals surface area (Å²) < 4.78 is 16.2. The van der Waals surface area contributed by atoms with Gasteiger partial charge < -0.3 is 4.57 Å². The molecule has 0 spiro atoms. The van der Waals surface area contributed by atoms with Crippen molar-refractivity contribution in [1.29, 1.82) is 5.26 Å². The molecule has 3 aromatic carbocycles. The van der Waals surface area contributed by atoms with Crippen LogP contribution in [-0.4, -0.2) is 16.7 Å². The highest BCUT2D eigenvalue weighted by molar-refractivity contribution is 6.31. The summed E-state index contributed by atoms with van der Waals surface area (Å²) in [7, 11) is 0. The van der Waals surface area contributed by atoms with E-state index in [1.54, 1.807) is 6.21 Å². The molecule has 0 saturated heterocycles. The Balaban J connectivity index is 1.63. The number of aromatic nitrogens is 1. The molecule has 0 aliphatic heterocycles. The van der Waals surface area contributed by atoms with E-state index in [0.29, 0.717) is 11.6 Å². The van der Waals surface area contributed by atoms with Crippen LogP contribution in [0.4, 0.5) is 4.39 Å². The molecule has 7 heteroatoms. The summed E-state index contributed by atoms with van der Waals surface area (Å²) in [6.07, 6.45) is 1.56. The van der Waals surface area contributed by atoms with Crippen LogP contribution in [0.3, 0.4) is 0 Å². The summed E-state index contributed by atoms with van der Waals surface area (Å²) in [4.78, 5) is 12.3. The molecule has 1 N–H and O–H groups in total. The molecule has 0 aliphatic carbocycles. The minimum absolute atomic E-state index is 0.143. The molecule has 4 rings (SSSR count). The number of nitriles is 1. The van der Waals surface area contributed by atoms with E-state index in [9.17, 15) is 9.18 Å². The van der Waals surface area contributed by atoms with Crippen molar-refractivity contribution in [3.63, 3.8) is 0 Å². The van der Waals surface area contributed by atoms with Gasteiger partial charge in [0.25, 0.3) is 5.91 Å². The third-order valence-electron chi connectivity index (χ3n) is 5.27. The van der Waals surface area contributed by atoms with Crippen molar-refractivity contribution < 1.29 is 9.18 Å². The Morgan fingerprint density at radius 3 is 2.69 bits per heavy atom. The Morgan fingerprint density at radius 2 is 1.94 bits per heavy atom. The number of para-hydroxylation sites is 1. The molecule has 1 heterocycles. The molecule has 0 bridgehead atoms. The van der Waals surface area contributed by atoms with E-state index in [1.165, 1.54) is 12.1 Å². The van der Waals surface area contributed by atoms with Gasteiger partial charge in [-0.25, -0.2) is 9.82 Å². The molecule has 5 nitrogen and oxygen atoms in total. The van der Waals surface area contributed by atoms with Gasteiger partial charge in [-0.05, 0) is 42.8 Å². The van der Waals surface area contributed by atoms with Gasteiger partial charge in [0.15, 0.2) is 0 Å². The molecule has 0 atom stereocenters. The van der Waals surface area contributed by atoms with Crippen LogP contribution in [0.5, 0.6) is 0 Å². The lowest BCUT2D eigenvalue weighted by molar-refractivity contribution is 0.0951. The van der Waals surface area contributed by atoms with Crippen LogP contribution in [0.2, 0.25) is 5.02 Å². The van der Waals surface area contributed by atoms with Gasteiger partial charge in [-0.3, -0.25) is 4.79 Å². The fraction of sp³-hybridized carbons (Fsp3) is 0.0800. The van der Waals surface area contributed by atoms with E-state index in [4.69, 9.17) is 16.9 Å². The highest BCUT2D eigenvalue weighted by atomic mass is 35.5. The lowest BCUT2D eigenvalue weighted by atomic mass is 10.1. The standard InChI is InChI=1S/C25H18ClFN4O/c1-16-21(14-29-30-25(32)20-11-10-17(13-28)12-23(20)27)19-7-3-5-9-24(19)31(16)15-18-6-2-4-8-22(18)26/h2-12,14H,15H2,1H3,(H,30,32)/b29-14-. The Hall–Kier alpha value is -3.95. The van der Waals surface area contributed by atoms with E-state index in [0.717, 1.165) is 33.8 Å². The normalized spacial score (nSPS) is 11.1. The van der Waals surface area contributed by atoms with E-state index < -0.39 is 11.7 Å². The second-order valence-electron chi connectivity index (χ2n) is 7.20. The quantitative estimate of drug-likeness (QED) is 0.329. The van der Waals surface area contributed by atoms with Gasteiger partial charge in [-0.2, -0.15) is 10.4 Å². The summed E-state index contributed by atoms with van der Waals surface area (Å²) in [6.45, 7) is 2.56. The monoisotopic (exact) mass is 444 g/mol. The maximum Gasteiger partial charge on any atom is 0.274 e. The Bertz CT molecular complexity index is 1400. The van der Waals surface area contributed by atoms with Crippen LogP contribution in [-0.2, 0) is 6.54 Å². The van der Waals surface area contributed by atoms with Crippen molar-refractivity contribution in [3.8, 4) is 6.07 Å². The van der Waals surface area contributed by atoms with Gasteiger partial charge in [-0.15, -0.1) is 0 Å². The molecule has 0 fully saturated rings. The van der Waals surface area contributed by atoms with E-state index >= 15 is 0 Å². The second-order valence-corrected chi connectivity index (χ2v) is 7.61.